The van der Waals surface area contributed by atoms with E-state index in [-0.39, 0.29) is 0 Å². The Morgan fingerprint density at radius 3 is 2.62 bits per heavy atom. The maximum Gasteiger partial charge on any atom is 0.137 e. The van der Waals surface area contributed by atoms with E-state index in [0.717, 1.165) is 11.1 Å². The van der Waals surface area contributed by atoms with Crippen molar-refractivity contribution < 1.29 is 9.84 Å². The summed E-state index contributed by atoms with van der Waals surface area (Å²) in [7, 11) is 0. The number of aliphatic hydroxyl groups excluding tert-OH is 1. The van der Waals surface area contributed by atoms with E-state index in [9.17, 15) is 5.11 Å². The molecule has 0 aliphatic rings. The fourth-order valence-electron chi connectivity index (χ4n) is 2.07. The summed E-state index contributed by atoms with van der Waals surface area (Å²) in [5, 5.41) is 13.9. The number of nitrogens with one attached hydrogen (secondary N) is 1. The van der Waals surface area contributed by atoms with Crippen molar-refractivity contribution in [2.45, 2.75) is 19.6 Å². The van der Waals surface area contributed by atoms with Gasteiger partial charge >= 0.3 is 0 Å². The highest BCUT2D eigenvalue weighted by atomic mass is 35.5. The molecular weight excluding hydrogens is 286 g/mol. The Bertz CT molecular complexity index is 560. The minimum atomic E-state index is -0.510. The molecule has 2 N–H and O–H groups in total. The maximum absolute atomic E-state index is 10.1. The third-order valence-corrected chi connectivity index (χ3v) is 3.44. The van der Waals surface area contributed by atoms with Crippen LogP contribution in [0, 0.1) is 0 Å². The Labute approximate surface area is 130 Å². The van der Waals surface area contributed by atoms with Crippen LogP contribution in [0.15, 0.2) is 48.5 Å². The molecule has 3 nitrogen and oxygen atoms in total. The summed E-state index contributed by atoms with van der Waals surface area (Å²) >= 11 is 6.14. The topological polar surface area (TPSA) is 41.5 Å². The van der Waals surface area contributed by atoms with E-state index in [2.05, 4.69) is 5.32 Å². The lowest BCUT2D eigenvalue weighted by Gasteiger charge is -2.13. The molecule has 4 heteroatoms. The predicted molar refractivity (Wildman–Crippen MR) is 85.7 cm³/mol. The molecule has 0 aliphatic carbocycles. The van der Waals surface area contributed by atoms with Gasteiger partial charge in [-0.3, -0.25) is 0 Å². The number of hydrogen-bond donors (Lipinski definition) is 2. The third kappa shape index (κ3) is 4.74. The number of hydrogen-bond acceptors (Lipinski definition) is 3. The van der Waals surface area contributed by atoms with Crippen molar-refractivity contribution in [3.05, 3.63) is 64.7 Å². The molecule has 2 rings (SSSR count). The van der Waals surface area contributed by atoms with Gasteiger partial charge in [0.2, 0.25) is 0 Å². The molecule has 0 radical (unpaired) electrons. The number of aliphatic hydroxyl groups is 1. The zero-order valence-electron chi connectivity index (χ0n) is 12.1. The molecule has 21 heavy (non-hydrogen) atoms. The van der Waals surface area contributed by atoms with Gasteiger partial charge in [-0.15, -0.1) is 0 Å². The van der Waals surface area contributed by atoms with Crippen molar-refractivity contribution in [3.63, 3.8) is 0 Å². The van der Waals surface area contributed by atoms with Crippen LogP contribution >= 0.6 is 11.6 Å². The van der Waals surface area contributed by atoms with Crippen LogP contribution in [0.3, 0.4) is 0 Å². The Morgan fingerprint density at radius 2 is 1.95 bits per heavy atom. The van der Waals surface area contributed by atoms with Crippen molar-refractivity contribution in [3.8, 4) is 5.75 Å². The minimum Gasteiger partial charge on any atom is -0.492 e. The van der Waals surface area contributed by atoms with Crippen LogP contribution in [0.25, 0.3) is 0 Å². The molecular formula is C17H20ClNO2. The second kappa shape index (κ2) is 8.03. The Balaban J connectivity index is 1.85. The van der Waals surface area contributed by atoms with Crippen molar-refractivity contribution in [2.75, 3.05) is 13.2 Å². The van der Waals surface area contributed by atoms with Gasteiger partial charge in [-0.1, -0.05) is 48.0 Å². The van der Waals surface area contributed by atoms with Gasteiger partial charge in [-0.05, 0) is 30.2 Å². The summed E-state index contributed by atoms with van der Waals surface area (Å²) in [5.74, 6) is 0.701. The lowest BCUT2D eigenvalue weighted by Crippen LogP contribution is -2.21. The molecule has 0 aliphatic heterocycles. The van der Waals surface area contributed by atoms with Gasteiger partial charge in [0, 0.05) is 13.1 Å². The first kappa shape index (κ1) is 15.8. The Hall–Kier alpha value is -1.55. The zero-order chi connectivity index (χ0) is 15.1. The average molecular weight is 306 g/mol. The Kier molecular flexibility index (Phi) is 6.05. The fraction of sp³-hybridized carbons (Fsp3) is 0.294. The van der Waals surface area contributed by atoms with Gasteiger partial charge < -0.3 is 15.2 Å². The van der Waals surface area contributed by atoms with Crippen molar-refractivity contribution >= 4 is 11.6 Å². The fourth-order valence-corrected chi connectivity index (χ4v) is 2.33. The van der Waals surface area contributed by atoms with E-state index in [1.54, 1.807) is 0 Å². The zero-order valence-corrected chi connectivity index (χ0v) is 12.8. The molecule has 0 saturated carbocycles. The summed E-state index contributed by atoms with van der Waals surface area (Å²) in [6, 6.07) is 15.3. The van der Waals surface area contributed by atoms with Crippen LogP contribution in [-0.2, 0) is 6.54 Å². The lowest BCUT2D eigenvalue weighted by molar-refractivity contribution is 0.174. The minimum absolute atomic E-state index is 0.495. The third-order valence-electron chi connectivity index (χ3n) is 3.15. The number of halogens is 1. The van der Waals surface area contributed by atoms with Gasteiger partial charge in [-0.25, -0.2) is 0 Å². The summed E-state index contributed by atoms with van der Waals surface area (Å²) in [6.45, 7) is 3.67. The van der Waals surface area contributed by atoms with E-state index in [4.69, 9.17) is 16.3 Å². The molecule has 0 saturated heterocycles. The molecule has 0 unspecified atom stereocenters. The van der Waals surface area contributed by atoms with E-state index >= 15 is 0 Å². The molecule has 112 valence electrons. The van der Waals surface area contributed by atoms with E-state index < -0.39 is 6.10 Å². The first-order valence-corrected chi connectivity index (χ1v) is 7.43. The van der Waals surface area contributed by atoms with Crippen molar-refractivity contribution in [2.24, 2.45) is 0 Å². The van der Waals surface area contributed by atoms with Gasteiger partial charge in [0.05, 0.1) is 17.7 Å². The molecule has 0 bridgehead atoms. The Morgan fingerprint density at radius 1 is 1.19 bits per heavy atom. The first-order valence-electron chi connectivity index (χ1n) is 7.05. The number of benzene rings is 2. The highest BCUT2D eigenvalue weighted by Crippen LogP contribution is 2.25. The maximum atomic E-state index is 10.1. The highest BCUT2D eigenvalue weighted by Gasteiger charge is 2.07. The molecule has 2 aromatic rings. The highest BCUT2D eigenvalue weighted by molar-refractivity contribution is 6.32. The van der Waals surface area contributed by atoms with Crippen LogP contribution in [0.4, 0.5) is 0 Å². The van der Waals surface area contributed by atoms with Crippen LogP contribution in [0.2, 0.25) is 5.02 Å². The lowest BCUT2D eigenvalue weighted by atomic mass is 10.1. The normalized spacial score (nSPS) is 12.1. The largest absolute Gasteiger partial charge is 0.492 e. The van der Waals surface area contributed by atoms with Gasteiger partial charge in [0.1, 0.15) is 5.75 Å². The van der Waals surface area contributed by atoms with E-state index in [1.807, 2.05) is 55.5 Å². The quantitative estimate of drug-likeness (QED) is 0.822. The average Bonchev–Trinajstić information content (AvgIpc) is 2.51. The van der Waals surface area contributed by atoms with Crippen LogP contribution in [0.5, 0.6) is 5.75 Å². The van der Waals surface area contributed by atoms with Gasteiger partial charge in [-0.2, -0.15) is 0 Å². The van der Waals surface area contributed by atoms with Gasteiger partial charge in [0.15, 0.2) is 0 Å². The molecule has 0 aromatic heterocycles. The van der Waals surface area contributed by atoms with Crippen molar-refractivity contribution in [1.82, 2.24) is 5.32 Å². The van der Waals surface area contributed by atoms with Crippen LogP contribution < -0.4 is 10.1 Å². The van der Waals surface area contributed by atoms with E-state index in [1.165, 1.54) is 0 Å². The van der Waals surface area contributed by atoms with Gasteiger partial charge in [0.25, 0.3) is 0 Å². The number of rotatable bonds is 7. The summed E-state index contributed by atoms with van der Waals surface area (Å²) in [4.78, 5) is 0. The van der Waals surface area contributed by atoms with Crippen LogP contribution in [0.1, 0.15) is 24.2 Å². The first-order chi connectivity index (χ1) is 10.2. The summed E-state index contributed by atoms with van der Waals surface area (Å²) < 4.78 is 5.40. The smallest absolute Gasteiger partial charge is 0.137 e. The van der Waals surface area contributed by atoms with Crippen LogP contribution in [-0.4, -0.2) is 18.3 Å². The summed E-state index contributed by atoms with van der Waals surface area (Å²) in [5.41, 5.74) is 1.97. The molecule has 0 heterocycles. The number of ether oxygens (including phenoxy) is 1. The molecule has 0 spiro atoms. The summed E-state index contributed by atoms with van der Waals surface area (Å²) in [6.07, 6.45) is -0.510. The second-order valence-corrected chi connectivity index (χ2v) is 5.16. The standard InChI is InChI=1S/C17H20ClNO2/c1-2-21-17-9-8-13(10-15(17)18)11-19-12-16(20)14-6-4-3-5-7-14/h3-10,16,19-20H,2,11-12H2,1H3/t16-/m0/s1. The molecule has 1 atom stereocenters. The van der Waals surface area contributed by atoms with Crippen molar-refractivity contribution in [1.29, 1.82) is 0 Å². The predicted octanol–water partition coefficient (Wildman–Crippen LogP) is 3.56. The SMILES string of the molecule is CCOc1ccc(CNC[C@H](O)c2ccccc2)cc1Cl. The molecule has 0 amide bonds. The van der Waals surface area contributed by atoms with E-state index in [0.29, 0.717) is 30.5 Å². The molecule has 0 fully saturated rings. The monoisotopic (exact) mass is 305 g/mol. The molecule has 2 aromatic carbocycles. The second-order valence-electron chi connectivity index (χ2n) is 4.76.